The predicted octanol–water partition coefficient (Wildman–Crippen LogP) is 3.82. The van der Waals surface area contributed by atoms with Crippen molar-refractivity contribution in [1.82, 2.24) is 25.4 Å². The molecule has 0 spiro atoms. The Morgan fingerprint density at radius 2 is 1.86 bits per heavy atom. The molecule has 3 amide bonds. The quantitative estimate of drug-likeness (QED) is 0.330. The largest absolute Gasteiger partial charge is 0.496 e. The number of piperidine rings is 1. The van der Waals surface area contributed by atoms with Crippen LogP contribution in [-0.4, -0.2) is 85.0 Å². The highest BCUT2D eigenvalue weighted by Crippen LogP contribution is 2.29. The van der Waals surface area contributed by atoms with Crippen LogP contribution in [0, 0.1) is 5.82 Å². The van der Waals surface area contributed by atoms with E-state index in [1.54, 1.807) is 59.8 Å². The third-order valence-electron chi connectivity index (χ3n) is 8.60. The molecule has 2 atom stereocenters. The van der Waals surface area contributed by atoms with Crippen LogP contribution < -0.4 is 24.8 Å². The highest BCUT2D eigenvalue weighted by molar-refractivity contribution is 5.96. The van der Waals surface area contributed by atoms with Gasteiger partial charge in [-0.1, -0.05) is 18.2 Å². The van der Waals surface area contributed by atoms with E-state index in [4.69, 9.17) is 14.2 Å². The van der Waals surface area contributed by atoms with Gasteiger partial charge in [-0.3, -0.25) is 24.3 Å². The number of carbonyl (C=O) groups is 3. The second-order valence-electron chi connectivity index (χ2n) is 12.2. The number of aromatic nitrogens is 1. The van der Waals surface area contributed by atoms with E-state index in [9.17, 15) is 14.4 Å². The Bertz CT molecular complexity index is 1820. The van der Waals surface area contributed by atoms with E-state index in [0.29, 0.717) is 47.9 Å². The molecule has 11 nitrogen and oxygen atoms in total. The average Bonchev–Trinajstić information content (AvgIpc) is 3.11. The number of halogens is 1. The SMILES string of the molecule is COc1cc2ccc1CNC(=O)COc1cccc(c1)-c1ccc(F)c(c1)C(=O)N[C@@H]1CN(C(=O)CN(C)Cc3ccncc3)CC[C@@H]1O2. The number of methoxy groups -OCH3 is 1. The van der Waals surface area contributed by atoms with Gasteiger partial charge in [0.25, 0.3) is 11.8 Å². The third-order valence-corrected chi connectivity index (χ3v) is 8.60. The van der Waals surface area contributed by atoms with E-state index in [2.05, 4.69) is 15.6 Å². The van der Waals surface area contributed by atoms with Crippen molar-refractivity contribution in [3.63, 3.8) is 0 Å². The number of hydrogen-bond acceptors (Lipinski definition) is 8. The second-order valence-corrected chi connectivity index (χ2v) is 12.2. The minimum atomic E-state index is -0.688. The Labute approximate surface area is 284 Å². The van der Waals surface area contributed by atoms with E-state index >= 15 is 4.39 Å². The van der Waals surface area contributed by atoms with Crippen molar-refractivity contribution in [2.45, 2.75) is 31.7 Å². The molecule has 1 saturated heterocycles. The number of likely N-dealkylation sites (N-methyl/N-ethyl adjacent to an activating group) is 1. The van der Waals surface area contributed by atoms with Crippen LogP contribution in [0.15, 0.2) is 85.2 Å². The summed E-state index contributed by atoms with van der Waals surface area (Å²) in [6.07, 6.45) is 3.31. The summed E-state index contributed by atoms with van der Waals surface area (Å²) >= 11 is 0. The van der Waals surface area contributed by atoms with Crippen LogP contribution in [0.3, 0.4) is 0 Å². The second kappa shape index (κ2) is 15.2. The lowest BCUT2D eigenvalue weighted by atomic mass is 9.99. The number of rotatable bonds is 5. The summed E-state index contributed by atoms with van der Waals surface area (Å²) in [6.45, 7) is 1.30. The fourth-order valence-electron chi connectivity index (χ4n) is 6.03. The van der Waals surface area contributed by atoms with Crippen molar-refractivity contribution in [3.8, 4) is 28.4 Å². The molecule has 4 aromatic rings. The summed E-state index contributed by atoms with van der Waals surface area (Å²) in [5.74, 6) is -0.310. The Hall–Kier alpha value is -5.49. The first-order valence-electron chi connectivity index (χ1n) is 16.0. The van der Waals surface area contributed by atoms with Gasteiger partial charge in [-0.05, 0) is 72.3 Å². The fourth-order valence-corrected chi connectivity index (χ4v) is 6.03. The molecule has 0 radical (unpaired) electrons. The summed E-state index contributed by atoms with van der Waals surface area (Å²) < 4.78 is 33.0. The van der Waals surface area contributed by atoms with E-state index < -0.39 is 23.9 Å². The summed E-state index contributed by atoms with van der Waals surface area (Å²) in [5.41, 5.74) is 2.88. The number of benzene rings is 3. The van der Waals surface area contributed by atoms with Crippen LogP contribution in [0.5, 0.6) is 17.2 Å². The van der Waals surface area contributed by atoms with Crippen molar-refractivity contribution >= 4 is 17.7 Å². The third kappa shape index (κ3) is 8.33. The van der Waals surface area contributed by atoms with Crippen molar-refractivity contribution in [2.24, 2.45) is 0 Å². The average molecular weight is 668 g/mol. The van der Waals surface area contributed by atoms with Crippen molar-refractivity contribution in [1.29, 1.82) is 0 Å². The van der Waals surface area contributed by atoms with Gasteiger partial charge in [0, 0.05) is 56.6 Å². The normalized spacial score (nSPS) is 18.0. The molecule has 0 unspecified atom stereocenters. The maximum absolute atomic E-state index is 15.2. The van der Waals surface area contributed by atoms with E-state index in [1.165, 1.54) is 19.2 Å². The molecule has 12 heteroatoms. The van der Waals surface area contributed by atoms with Crippen LogP contribution in [-0.2, 0) is 22.7 Å². The number of likely N-dealkylation sites (tertiary alicyclic amines) is 1. The number of carbonyl (C=O) groups excluding carboxylic acids is 3. The van der Waals surface area contributed by atoms with E-state index in [0.717, 1.165) is 11.1 Å². The molecular weight excluding hydrogens is 629 g/mol. The maximum Gasteiger partial charge on any atom is 0.258 e. The number of amides is 3. The summed E-state index contributed by atoms with van der Waals surface area (Å²) in [7, 11) is 3.40. The lowest BCUT2D eigenvalue weighted by molar-refractivity contribution is -0.134. The molecule has 0 saturated carbocycles. The predicted molar refractivity (Wildman–Crippen MR) is 180 cm³/mol. The molecule has 49 heavy (non-hydrogen) atoms. The zero-order chi connectivity index (χ0) is 34.3. The molecule has 254 valence electrons. The minimum absolute atomic E-state index is 0.0981. The van der Waals surface area contributed by atoms with Crippen LogP contribution in [0.2, 0.25) is 0 Å². The van der Waals surface area contributed by atoms with Gasteiger partial charge in [-0.15, -0.1) is 0 Å². The zero-order valence-corrected chi connectivity index (χ0v) is 27.4. The maximum atomic E-state index is 15.2. The Balaban J connectivity index is 1.29. The molecule has 3 aliphatic rings. The standard InChI is InChI=1S/C37H38FN5O6/c1-42(20-24-10-13-39-14-11-24)22-36(45)43-15-12-33-32(21-43)41-37(46)30-17-26(7-9-31(30)38)25-4-3-5-28(16-25)48-23-35(44)40-19-27-6-8-29(49-33)18-34(27)47-2/h3-11,13-14,16-18,32-33H,12,15,19-23H2,1-2H3,(H,40,44)(H,41,46)/t32-,33+/m1/s1. The molecule has 6 bridgehead atoms. The number of nitrogens with zero attached hydrogens (tertiary/aromatic N) is 3. The number of hydrogen-bond donors (Lipinski definition) is 2. The molecule has 3 aliphatic heterocycles. The monoisotopic (exact) mass is 667 g/mol. The van der Waals surface area contributed by atoms with Crippen LogP contribution in [0.4, 0.5) is 4.39 Å². The number of fused-ring (bicyclic) bond motifs is 7. The highest BCUT2D eigenvalue weighted by atomic mass is 19.1. The van der Waals surface area contributed by atoms with Gasteiger partial charge in [0.05, 0.1) is 25.3 Å². The van der Waals surface area contributed by atoms with Gasteiger partial charge in [0.2, 0.25) is 5.91 Å². The van der Waals surface area contributed by atoms with E-state index in [1.807, 2.05) is 30.1 Å². The van der Waals surface area contributed by atoms with Gasteiger partial charge in [0.15, 0.2) is 6.61 Å². The summed E-state index contributed by atoms with van der Waals surface area (Å²) in [4.78, 5) is 47.5. The van der Waals surface area contributed by atoms with Crippen molar-refractivity contribution < 1.29 is 33.0 Å². The van der Waals surface area contributed by atoms with Gasteiger partial charge < -0.3 is 29.7 Å². The Morgan fingerprint density at radius 3 is 2.67 bits per heavy atom. The molecule has 4 heterocycles. The first kappa shape index (κ1) is 33.4. The van der Waals surface area contributed by atoms with Crippen molar-refractivity contribution in [3.05, 3.63) is 108 Å². The topological polar surface area (TPSA) is 122 Å². The number of pyridine rings is 1. The smallest absolute Gasteiger partial charge is 0.258 e. The van der Waals surface area contributed by atoms with E-state index in [-0.39, 0.29) is 43.6 Å². The van der Waals surface area contributed by atoms with Crippen LogP contribution in [0.25, 0.3) is 11.1 Å². The highest BCUT2D eigenvalue weighted by Gasteiger charge is 2.35. The molecule has 0 aliphatic carbocycles. The molecule has 2 N–H and O–H groups in total. The van der Waals surface area contributed by atoms with Crippen LogP contribution in [0.1, 0.15) is 27.9 Å². The summed E-state index contributed by atoms with van der Waals surface area (Å²) in [6, 6.07) is 19.7. The molecule has 7 rings (SSSR count). The number of nitrogens with one attached hydrogen (secondary N) is 2. The fraction of sp³-hybridized carbons (Fsp3) is 0.297. The first-order chi connectivity index (χ1) is 23.7. The van der Waals surface area contributed by atoms with Gasteiger partial charge in [-0.25, -0.2) is 4.39 Å². The zero-order valence-electron chi connectivity index (χ0n) is 27.4. The van der Waals surface area contributed by atoms with Crippen molar-refractivity contribution in [2.75, 3.05) is 40.4 Å². The molecular formula is C37H38FN5O6. The van der Waals surface area contributed by atoms with Gasteiger partial charge in [-0.2, -0.15) is 0 Å². The lowest BCUT2D eigenvalue weighted by Crippen LogP contribution is -2.59. The Kier molecular flexibility index (Phi) is 10.3. The van der Waals surface area contributed by atoms with Gasteiger partial charge in [0.1, 0.15) is 29.2 Å². The number of ether oxygens (including phenoxy) is 3. The molecule has 1 fully saturated rings. The van der Waals surface area contributed by atoms with Gasteiger partial charge >= 0.3 is 0 Å². The molecule has 3 aromatic carbocycles. The van der Waals surface area contributed by atoms with Crippen LogP contribution >= 0.6 is 0 Å². The first-order valence-corrected chi connectivity index (χ1v) is 16.0. The summed E-state index contributed by atoms with van der Waals surface area (Å²) in [5, 5.41) is 5.83. The molecule has 1 aromatic heterocycles. The minimum Gasteiger partial charge on any atom is -0.496 e. The lowest BCUT2D eigenvalue weighted by Gasteiger charge is -2.39. The Morgan fingerprint density at radius 1 is 1.04 bits per heavy atom.